The number of nitrogens with zero attached hydrogens (tertiary/aromatic N) is 5. The summed E-state index contributed by atoms with van der Waals surface area (Å²) in [4.78, 5) is 2.12. The van der Waals surface area contributed by atoms with Gasteiger partial charge in [-0.1, -0.05) is 41.5 Å². The second-order valence-corrected chi connectivity index (χ2v) is 6.65. The van der Waals surface area contributed by atoms with Crippen LogP contribution in [0.25, 0.3) is 21.8 Å². The lowest BCUT2D eigenvalue weighted by Gasteiger charge is -2.15. The molecule has 0 unspecified atom stereocenters. The molecular weight excluding hydrogens is 322 g/mol. The molecule has 0 aliphatic carbocycles. The summed E-state index contributed by atoms with van der Waals surface area (Å²) in [5.41, 5.74) is 4.32. The van der Waals surface area contributed by atoms with Crippen molar-refractivity contribution in [2.24, 2.45) is 24.3 Å². The molecule has 4 aromatic rings. The van der Waals surface area contributed by atoms with E-state index >= 15 is 0 Å². The number of azo groups is 1. The van der Waals surface area contributed by atoms with Crippen molar-refractivity contribution >= 4 is 39.1 Å². The van der Waals surface area contributed by atoms with Crippen LogP contribution in [0.15, 0.2) is 70.9 Å². The molecule has 3 aromatic carbocycles. The van der Waals surface area contributed by atoms with Crippen molar-refractivity contribution in [3.63, 3.8) is 0 Å². The van der Waals surface area contributed by atoms with Gasteiger partial charge in [-0.25, -0.2) is 9.13 Å². The van der Waals surface area contributed by atoms with Gasteiger partial charge in [0, 0.05) is 35.7 Å². The van der Waals surface area contributed by atoms with Crippen LogP contribution < -0.4 is 9.47 Å². The van der Waals surface area contributed by atoms with Crippen LogP contribution in [0.4, 0.5) is 17.3 Å². The molecule has 5 heteroatoms. The highest BCUT2D eigenvalue weighted by atomic mass is 15.3. The van der Waals surface area contributed by atoms with Gasteiger partial charge in [-0.15, -0.1) is 0 Å². The molecule has 0 aliphatic heterocycles. The van der Waals surface area contributed by atoms with Crippen LogP contribution in [0.3, 0.4) is 0 Å². The molecule has 26 heavy (non-hydrogen) atoms. The molecule has 0 bridgehead atoms. The van der Waals surface area contributed by atoms with E-state index in [9.17, 15) is 0 Å². The Kier molecular flexibility index (Phi) is 3.92. The quantitative estimate of drug-likeness (QED) is 0.394. The first-order valence-corrected chi connectivity index (χ1v) is 8.62. The summed E-state index contributed by atoms with van der Waals surface area (Å²) >= 11 is 0. The summed E-state index contributed by atoms with van der Waals surface area (Å²) in [6.07, 6.45) is 0. The van der Waals surface area contributed by atoms with Crippen LogP contribution in [0.5, 0.6) is 0 Å². The van der Waals surface area contributed by atoms with E-state index in [1.54, 1.807) is 0 Å². The fraction of sp³-hybridized carbons (Fsp3) is 0.190. The van der Waals surface area contributed by atoms with Crippen molar-refractivity contribution in [1.29, 1.82) is 0 Å². The molecule has 0 fully saturated rings. The van der Waals surface area contributed by atoms with Gasteiger partial charge in [0.05, 0.1) is 14.1 Å². The fourth-order valence-corrected chi connectivity index (χ4v) is 3.45. The van der Waals surface area contributed by atoms with Crippen molar-refractivity contribution < 1.29 is 4.57 Å². The molecule has 0 amide bonds. The van der Waals surface area contributed by atoms with Gasteiger partial charge in [0.1, 0.15) is 16.7 Å². The Morgan fingerprint density at radius 1 is 0.846 bits per heavy atom. The second kappa shape index (κ2) is 6.26. The molecule has 0 N–H and O–H groups in total. The zero-order chi connectivity index (χ0) is 18.3. The van der Waals surface area contributed by atoms with E-state index in [4.69, 9.17) is 0 Å². The minimum atomic E-state index is 0.812. The molecule has 0 saturated carbocycles. The number of hydrogen-bond acceptors (Lipinski definition) is 3. The van der Waals surface area contributed by atoms with Gasteiger partial charge in [-0.2, -0.15) is 0 Å². The standard InChI is InChI=1S/C21H22N5/c1-24(2)18-14-13-17(15-9-5-6-10-16(15)18)22-23-21-25(3)19-11-7-8-12-20(19)26(21)4/h5-14H,1-4H3/q+1. The third kappa shape index (κ3) is 2.52. The monoisotopic (exact) mass is 344 g/mol. The first-order chi connectivity index (χ1) is 12.6. The van der Waals surface area contributed by atoms with Gasteiger partial charge in [0.25, 0.3) is 0 Å². The van der Waals surface area contributed by atoms with Crippen LogP contribution in [0.2, 0.25) is 0 Å². The average molecular weight is 344 g/mol. The maximum Gasteiger partial charge on any atom is 0.422 e. The van der Waals surface area contributed by atoms with Crippen LogP contribution in [0, 0.1) is 0 Å². The number of aryl methyl sites for hydroxylation is 2. The summed E-state index contributed by atoms with van der Waals surface area (Å²) < 4.78 is 4.13. The first kappa shape index (κ1) is 16.3. The second-order valence-electron chi connectivity index (χ2n) is 6.65. The average Bonchev–Trinajstić information content (AvgIpc) is 2.90. The van der Waals surface area contributed by atoms with Gasteiger partial charge in [0.15, 0.2) is 0 Å². The summed E-state index contributed by atoms with van der Waals surface area (Å²) in [6.45, 7) is 0. The summed E-state index contributed by atoms with van der Waals surface area (Å²) in [5.74, 6) is 0.812. The Morgan fingerprint density at radius 2 is 1.54 bits per heavy atom. The number of aromatic nitrogens is 2. The molecule has 130 valence electrons. The topological polar surface area (TPSA) is 36.8 Å². The number of para-hydroxylation sites is 2. The highest BCUT2D eigenvalue weighted by Gasteiger charge is 2.19. The highest BCUT2D eigenvalue weighted by molar-refractivity contribution is 6.01. The molecule has 0 aliphatic rings. The lowest BCUT2D eigenvalue weighted by atomic mass is 10.1. The molecule has 5 nitrogen and oxygen atoms in total. The summed E-state index contributed by atoms with van der Waals surface area (Å²) in [7, 11) is 8.14. The van der Waals surface area contributed by atoms with Crippen LogP contribution in [-0.2, 0) is 14.1 Å². The lowest BCUT2D eigenvalue weighted by molar-refractivity contribution is -0.632. The van der Waals surface area contributed by atoms with E-state index in [-0.39, 0.29) is 0 Å². The van der Waals surface area contributed by atoms with E-state index in [1.165, 1.54) is 11.1 Å². The zero-order valence-corrected chi connectivity index (χ0v) is 15.5. The van der Waals surface area contributed by atoms with E-state index in [1.807, 2.05) is 38.4 Å². The van der Waals surface area contributed by atoms with Crippen LogP contribution in [-0.4, -0.2) is 18.7 Å². The highest BCUT2D eigenvalue weighted by Crippen LogP contribution is 2.33. The van der Waals surface area contributed by atoms with Crippen LogP contribution in [0.1, 0.15) is 0 Å². The van der Waals surface area contributed by atoms with E-state index in [2.05, 4.69) is 74.8 Å². The van der Waals surface area contributed by atoms with Gasteiger partial charge >= 0.3 is 5.95 Å². The number of benzene rings is 3. The molecule has 0 atom stereocenters. The number of fused-ring (bicyclic) bond motifs is 2. The lowest BCUT2D eigenvalue weighted by Crippen LogP contribution is -2.26. The Hall–Kier alpha value is -3.21. The van der Waals surface area contributed by atoms with Crippen molar-refractivity contribution in [3.8, 4) is 0 Å². The molecular formula is C21H22N5+. The predicted octanol–water partition coefficient (Wildman–Crippen LogP) is 4.64. The molecule has 0 radical (unpaired) electrons. The number of imidazole rings is 1. The van der Waals surface area contributed by atoms with Gasteiger partial charge < -0.3 is 4.90 Å². The molecule has 0 spiro atoms. The van der Waals surface area contributed by atoms with E-state index < -0.39 is 0 Å². The third-order valence-corrected chi connectivity index (χ3v) is 4.81. The third-order valence-electron chi connectivity index (χ3n) is 4.81. The van der Waals surface area contributed by atoms with Gasteiger partial charge in [0.2, 0.25) is 0 Å². The van der Waals surface area contributed by atoms with Crippen molar-refractivity contribution in [2.75, 3.05) is 19.0 Å². The maximum absolute atomic E-state index is 4.59. The molecule has 4 rings (SSSR count). The van der Waals surface area contributed by atoms with Crippen molar-refractivity contribution in [1.82, 2.24) is 4.57 Å². The minimum Gasteiger partial charge on any atom is -0.377 e. The predicted molar refractivity (Wildman–Crippen MR) is 107 cm³/mol. The number of hydrogen-bond donors (Lipinski definition) is 0. The van der Waals surface area contributed by atoms with E-state index in [0.717, 1.165) is 28.1 Å². The smallest absolute Gasteiger partial charge is 0.377 e. The number of anilines is 1. The Balaban J connectivity index is 1.85. The zero-order valence-electron chi connectivity index (χ0n) is 15.5. The largest absolute Gasteiger partial charge is 0.422 e. The Morgan fingerprint density at radius 3 is 2.27 bits per heavy atom. The van der Waals surface area contributed by atoms with Gasteiger partial charge in [-0.05, 0) is 24.3 Å². The molecule has 0 saturated heterocycles. The SMILES string of the molecule is CN(C)c1ccc(N=Nc2n(C)c3ccccc3[n+]2C)c2ccccc12. The van der Waals surface area contributed by atoms with Gasteiger partial charge in [-0.3, -0.25) is 0 Å². The van der Waals surface area contributed by atoms with Crippen LogP contribution >= 0.6 is 0 Å². The molecule has 1 aromatic heterocycles. The van der Waals surface area contributed by atoms with Crippen molar-refractivity contribution in [3.05, 3.63) is 60.7 Å². The first-order valence-electron chi connectivity index (χ1n) is 8.62. The van der Waals surface area contributed by atoms with Crippen molar-refractivity contribution in [2.45, 2.75) is 0 Å². The van der Waals surface area contributed by atoms with E-state index in [0.29, 0.717) is 0 Å². The molecule has 1 heterocycles. The summed E-state index contributed by atoms with van der Waals surface area (Å²) in [5, 5.41) is 11.4. The maximum atomic E-state index is 4.59. The normalized spacial score (nSPS) is 11.7. The summed E-state index contributed by atoms with van der Waals surface area (Å²) in [6, 6.07) is 20.7. The number of rotatable bonds is 3. The minimum absolute atomic E-state index is 0.812. The Bertz CT molecular complexity index is 1100. The fourth-order valence-electron chi connectivity index (χ4n) is 3.45. The Labute approximate surface area is 152 Å².